The molecule has 0 spiro atoms. The van der Waals surface area contributed by atoms with Crippen LogP contribution in [0.4, 0.5) is 0 Å². The van der Waals surface area contributed by atoms with Gasteiger partial charge in [0.1, 0.15) is 11.5 Å². The van der Waals surface area contributed by atoms with Gasteiger partial charge < -0.3 is 14.0 Å². The highest BCUT2D eigenvalue weighted by molar-refractivity contribution is 5.92. The fourth-order valence-electron chi connectivity index (χ4n) is 3.73. The van der Waals surface area contributed by atoms with E-state index < -0.39 is 0 Å². The first-order chi connectivity index (χ1) is 13.0. The van der Waals surface area contributed by atoms with E-state index in [1.54, 1.807) is 17.1 Å². The quantitative estimate of drug-likeness (QED) is 0.713. The minimum atomic E-state index is 0.00600. The van der Waals surface area contributed by atoms with Crippen LogP contribution in [0.2, 0.25) is 0 Å². The molecule has 7 heteroatoms. The van der Waals surface area contributed by atoms with Gasteiger partial charge in [-0.1, -0.05) is 11.2 Å². The molecule has 0 atom stereocenters. The molecule has 140 valence electrons. The number of nitrogens with zero attached hydrogens (tertiary/aromatic N) is 5. The predicted molar refractivity (Wildman–Crippen MR) is 100 cm³/mol. The van der Waals surface area contributed by atoms with Gasteiger partial charge in [-0.25, -0.2) is 4.98 Å². The standard InChI is InChI=1S/C20H23N5O2/c1-13-19(14(2)27-23-13)17-6-4-5-16(22-17)15-7-9-25(10-8-15)20(26)18-11-24(3)12-21-18/h4-6,11-12,15H,7-10H2,1-3H3. The van der Waals surface area contributed by atoms with E-state index in [-0.39, 0.29) is 5.91 Å². The fraction of sp³-hybridized carbons (Fsp3) is 0.400. The number of aromatic nitrogens is 4. The SMILES string of the molecule is Cc1noc(C)c1-c1cccc(C2CCN(C(=O)c3cn(C)cn3)CC2)n1. The molecule has 1 fully saturated rings. The molecule has 0 bridgehead atoms. The van der Waals surface area contributed by atoms with E-state index in [0.717, 1.165) is 54.3 Å². The minimum absolute atomic E-state index is 0.00600. The summed E-state index contributed by atoms with van der Waals surface area (Å²) in [5.74, 6) is 1.14. The second kappa shape index (κ2) is 6.98. The Labute approximate surface area is 158 Å². The molecular formula is C20H23N5O2. The lowest BCUT2D eigenvalue weighted by molar-refractivity contribution is 0.0706. The molecule has 0 aromatic carbocycles. The molecule has 7 nitrogen and oxygen atoms in total. The molecule has 3 aromatic rings. The normalized spacial score (nSPS) is 15.3. The Bertz CT molecular complexity index is 947. The van der Waals surface area contributed by atoms with Crippen LogP contribution in [0.1, 0.15) is 46.4 Å². The molecule has 0 saturated carbocycles. The van der Waals surface area contributed by atoms with Gasteiger partial charge in [-0.2, -0.15) is 0 Å². The van der Waals surface area contributed by atoms with Crippen LogP contribution >= 0.6 is 0 Å². The maximum absolute atomic E-state index is 12.6. The van der Waals surface area contributed by atoms with Gasteiger partial charge in [-0.3, -0.25) is 9.78 Å². The Morgan fingerprint density at radius 2 is 2.00 bits per heavy atom. The van der Waals surface area contributed by atoms with Crippen molar-refractivity contribution in [2.45, 2.75) is 32.6 Å². The molecule has 4 heterocycles. The molecule has 1 amide bonds. The number of hydrogen-bond acceptors (Lipinski definition) is 5. The summed E-state index contributed by atoms with van der Waals surface area (Å²) in [6, 6.07) is 6.10. The lowest BCUT2D eigenvalue weighted by Gasteiger charge is -2.31. The summed E-state index contributed by atoms with van der Waals surface area (Å²) in [5.41, 5.74) is 4.30. The smallest absolute Gasteiger partial charge is 0.274 e. The number of imidazole rings is 1. The van der Waals surface area contributed by atoms with Crippen molar-refractivity contribution in [1.29, 1.82) is 0 Å². The van der Waals surface area contributed by atoms with Gasteiger partial charge in [0, 0.05) is 37.9 Å². The van der Waals surface area contributed by atoms with Crippen molar-refractivity contribution in [3.63, 3.8) is 0 Å². The molecule has 1 saturated heterocycles. The minimum Gasteiger partial charge on any atom is -0.361 e. The van der Waals surface area contributed by atoms with Crippen LogP contribution in [0.15, 0.2) is 35.2 Å². The molecule has 0 radical (unpaired) electrons. The highest BCUT2D eigenvalue weighted by Gasteiger charge is 2.26. The highest BCUT2D eigenvalue weighted by atomic mass is 16.5. The summed E-state index contributed by atoms with van der Waals surface area (Å²) in [4.78, 5) is 23.5. The van der Waals surface area contributed by atoms with Gasteiger partial charge in [0.15, 0.2) is 0 Å². The lowest BCUT2D eigenvalue weighted by Crippen LogP contribution is -2.38. The van der Waals surface area contributed by atoms with E-state index >= 15 is 0 Å². The molecule has 0 N–H and O–H groups in total. The van der Waals surface area contributed by atoms with Crippen molar-refractivity contribution in [3.8, 4) is 11.3 Å². The van der Waals surface area contributed by atoms with E-state index in [1.165, 1.54) is 0 Å². The van der Waals surface area contributed by atoms with Crippen molar-refractivity contribution in [3.05, 3.63) is 53.6 Å². The number of carbonyl (C=O) groups is 1. The first-order valence-corrected chi connectivity index (χ1v) is 9.20. The van der Waals surface area contributed by atoms with Crippen LogP contribution in [-0.2, 0) is 7.05 Å². The number of hydrogen-bond donors (Lipinski definition) is 0. The van der Waals surface area contributed by atoms with Crippen LogP contribution in [-0.4, -0.2) is 43.6 Å². The van der Waals surface area contributed by atoms with Gasteiger partial charge in [-0.15, -0.1) is 0 Å². The van der Waals surface area contributed by atoms with Crippen LogP contribution in [0.5, 0.6) is 0 Å². The van der Waals surface area contributed by atoms with E-state index in [2.05, 4.69) is 16.2 Å². The Kier molecular flexibility index (Phi) is 4.51. The molecule has 1 aliphatic rings. The van der Waals surface area contributed by atoms with Gasteiger partial charge in [0.25, 0.3) is 5.91 Å². The van der Waals surface area contributed by atoms with E-state index in [4.69, 9.17) is 9.51 Å². The second-order valence-corrected chi connectivity index (χ2v) is 7.14. The summed E-state index contributed by atoms with van der Waals surface area (Å²) in [5, 5.41) is 4.03. The number of aryl methyl sites for hydroxylation is 3. The van der Waals surface area contributed by atoms with Crippen molar-refractivity contribution in [2.75, 3.05) is 13.1 Å². The van der Waals surface area contributed by atoms with E-state index in [1.807, 2.05) is 37.9 Å². The molecule has 27 heavy (non-hydrogen) atoms. The molecule has 0 unspecified atom stereocenters. The summed E-state index contributed by atoms with van der Waals surface area (Å²) in [6.45, 7) is 5.28. The molecule has 4 rings (SSSR count). The Balaban J connectivity index is 1.47. The molecule has 1 aliphatic heterocycles. The van der Waals surface area contributed by atoms with Crippen molar-refractivity contribution >= 4 is 5.91 Å². The summed E-state index contributed by atoms with van der Waals surface area (Å²) in [6.07, 6.45) is 5.22. The largest absolute Gasteiger partial charge is 0.361 e. The van der Waals surface area contributed by atoms with Gasteiger partial charge in [0.2, 0.25) is 0 Å². The lowest BCUT2D eigenvalue weighted by atomic mass is 9.92. The van der Waals surface area contributed by atoms with Gasteiger partial charge >= 0.3 is 0 Å². The zero-order valence-electron chi connectivity index (χ0n) is 15.8. The van der Waals surface area contributed by atoms with Crippen molar-refractivity contribution in [2.24, 2.45) is 7.05 Å². The van der Waals surface area contributed by atoms with Crippen LogP contribution in [0.25, 0.3) is 11.3 Å². The average Bonchev–Trinajstić information content (AvgIpc) is 3.26. The monoisotopic (exact) mass is 365 g/mol. The van der Waals surface area contributed by atoms with Crippen LogP contribution < -0.4 is 0 Å². The third-order valence-electron chi connectivity index (χ3n) is 5.18. The first-order valence-electron chi connectivity index (χ1n) is 9.20. The number of amides is 1. The Hall–Kier alpha value is -2.96. The number of piperidine rings is 1. The molecule has 3 aromatic heterocycles. The second-order valence-electron chi connectivity index (χ2n) is 7.14. The Morgan fingerprint density at radius 3 is 2.63 bits per heavy atom. The van der Waals surface area contributed by atoms with E-state index in [9.17, 15) is 4.79 Å². The van der Waals surface area contributed by atoms with Crippen molar-refractivity contribution in [1.82, 2.24) is 24.6 Å². The topological polar surface area (TPSA) is 77.0 Å². The number of likely N-dealkylation sites (tertiary alicyclic amines) is 1. The average molecular weight is 365 g/mol. The number of rotatable bonds is 3. The highest BCUT2D eigenvalue weighted by Crippen LogP contribution is 2.31. The third-order valence-corrected chi connectivity index (χ3v) is 5.18. The zero-order valence-corrected chi connectivity index (χ0v) is 15.8. The van der Waals surface area contributed by atoms with Crippen LogP contribution in [0, 0.1) is 13.8 Å². The van der Waals surface area contributed by atoms with Gasteiger partial charge in [0.05, 0.1) is 23.3 Å². The maximum Gasteiger partial charge on any atom is 0.274 e. The van der Waals surface area contributed by atoms with Gasteiger partial charge in [-0.05, 0) is 38.8 Å². The van der Waals surface area contributed by atoms with E-state index in [0.29, 0.717) is 11.6 Å². The zero-order chi connectivity index (χ0) is 19.0. The molecular weight excluding hydrogens is 342 g/mol. The predicted octanol–water partition coefficient (Wildman–Crippen LogP) is 3.11. The third kappa shape index (κ3) is 3.37. The fourth-order valence-corrected chi connectivity index (χ4v) is 3.73. The number of carbonyl (C=O) groups excluding carboxylic acids is 1. The maximum atomic E-state index is 12.6. The first kappa shape index (κ1) is 17.5. The Morgan fingerprint density at radius 1 is 1.22 bits per heavy atom. The summed E-state index contributed by atoms with van der Waals surface area (Å²) in [7, 11) is 1.87. The molecule has 0 aliphatic carbocycles. The summed E-state index contributed by atoms with van der Waals surface area (Å²) >= 11 is 0. The summed E-state index contributed by atoms with van der Waals surface area (Å²) < 4.78 is 7.07. The number of pyridine rings is 1. The van der Waals surface area contributed by atoms with Crippen molar-refractivity contribution < 1.29 is 9.32 Å². The van der Waals surface area contributed by atoms with Crippen LogP contribution in [0.3, 0.4) is 0 Å².